The smallest absolute Gasteiger partial charge is 0.312 e. The minimum atomic E-state index is -1.37. The van der Waals surface area contributed by atoms with Crippen molar-refractivity contribution in [1.82, 2.24) is 15.0 Å². The number of aromatic nitrogens is 3. The van der Waals surface area contributed by atoms with Crippen LogP contribution in [-0.4, -0.2) is 81.6 Å². The fourth-order valence-corrected chi connectivity index (χ4v) is 11.0. The molecule has 0 radical (unpaired) electrons. The Labute approximate surface area is 303 Å². The Morgan fingerprint density at radius 2 is 1.48 bits per heavy atom. The highest BCUT2D eigenvalue weighted by atomic mass is 16.7. The molecule has 5 aliphatic rings. The number of hydrogen-bond donors (Lipinski definition) is 0. The van der Waals surface area contributed by atoms with Gasteiger partial charge in [0.15, 0.2) is 24.5 Å². The van der Waals surface area contributed by atoms with E-state index in [1.54, 1.807) is 0 Å². The number of fused-ring (bicyclic) bond motifs is 3. The van der Waals surface area contributed by atoms with Crippen molar-refractivity contribution in [3.05, 3.63) is 11.9 Å². The Morgan fingerprint density at radius 1 is 0.827 bits per heavy atom. The van der Waals surface area contributed by atoms with Crippen molar-refractivity contribution >= 4 is 35.6 Å². The predicted octanol–water partition coefficient (Wildman–Crippen LogP) is 3.95. The summed E-state index contributed by atoms with van der Waals surface area (Å²) in [5.74, 6) is -2.25. The summed E-state index contributed by atoms with van der Waals surface area (Å²) in [6, 6.07) is 0. The lowest BCUT2D eigenvalue weighted by molar-refractivity contribution is -0.270. The van der Waals surface area contributed by atoms with Gasteiger partial charge in [0, 0.05) is 39.5 Å². The van der Waals surface area contributed by atoms with Crippen molar-refractivity contribution in [3.8, 4) is 0 Å². The van der Waals surface area contributed by atoms with Crippen LogP contribution in [0.2, 0.25) is 0 Å². The lowest BCUT2D eigenvalue weighted by Gasteiger charge is -2.63. The van der Waals surface area contributed by atoms with Crippen molar-refractivity contribution in [2.45, 2.75) is 144 Å². The van der Waals surface area contributed by atoms with Crippen LogP contribution >= 0.6 is 0 Å². The van der Waals surface area contributed by atoms with Gasteiger partial charge >= 0.3 is 29.8 Å². The van der Waals surface area contributed by atoms with Gasteiger partial charge < -0.3 is 28.4 Å². The lowest BCUT2D eigenvalue weighted by Crippen LogP contribution is -2.60. The summed E-state index contributed by atoms with van der Waals surface area (Å²) < 4.78 is 35.1. The molecule has 15 nitrogen and oxygen atoms in total. The fourth-order valence-electron chi connectivity index (χ4n) is 11.0. The topological polar surface area (TPSA) is 189 Å². The summed E-state index contributed by atoms with van der Waals surface area (Å²) >= 11 is 0. The molecule has 52 heavy (non-hydrogen) atoms. The summed E-state index contributed by atoms with van der Waals surface area (Å²) in [4.78, 5) is 75.4. The standard InChI is InChI=1S/C37H51N3O12/c1-20(41)47-18-25-29(49-21(2)42)30(50-22(3)43)31(51-23(4)44)32(52-25)40-16-24(38-39-40)17-48-33(46)36(7)12-8-11-35(6)26(36)10-14-37-15-28(45)34(5,19-37)13-9-27(35)37/h16,25-27,29-32H,8-15,17-19H2,1-7H3/t25-,26+,27+,29-,30+,31-,32-,34+,35-,36-,37+/m1/s1. The molecule has 0 aromatic carbocycles. The number of ketones is 1. The van der Waals surface area contributed by atoms with Gasteiger partial charge in [0.25, 0.3) is 0 Å². The van der Waals surface area contributed by atoms with Gasteiger partial charge in [-0.2, -0.15) is 0 Å². The molecule has 11 atom stereocenters. The van der Waals surface area contributed by atoms with E-state index < -0.39 is 59.9 Å². The van der Waals surface area contributed by atoms with E-state index in [9.17, 15) is 28.8 Å². The molecule has 15 heteroatoms. The molecule has 0 amide bonds. The molecule has 4 saturated carbocycles. The second kappa shape index (κ2) is 13.8. The third-order valence-electron chi connectivity index (χ3n) is 13.0. The van der Waals surface area contributed by atoms with Crippen molar-refractivity contribution in [2.24, 2.45) is 33.5 Å². The molecular formula is C37H51N3O12. The van der Waals surface area contributed by atoms with Gasteiger partial charge in [0.05, 0.1) is 11.6 Å². The third-order valence-corrected chi connectivity index (χ3v) is 13.0. The number of ether oxygens (including phenoxy) is 6. The average molecular weight is 730 g/mol. The largest absolute Gasteiger partial charge is 0.463 e. The molecule has 286 valence electrons. The number of hydrogen-bond acceptors (Lipinski definition) is 14. The highest BCUT2D eigenvalue weighted by Gasteiger charge is 2.68. The summed E-state index contributed by atoms with van der Waals surface area (Å²) in [5.41, 5.74) is -0.682. The number of carbonyl (C=O) groups excluding carboxylic acids is 6. The molecule has 1 aliphatic heterocycles. The maximum absolute atomic E-state index is 14.1. The van der Waals surface area contributed by atoms with Crippen LogP contribution in [0, 0.1) is 33.5 Å². The first-order chi connectivity index (χ1) is 24.4. The highest BCUT2D eigenvalue weighted by Crippen LogP contribution is 2.73. The molecule has 2 heterocycles. The Kier molecular flexibility index (Phi) is 10.1. The first-order valence-electron chi connectivity index (χ1n) is 18.3. The Hall–Kier alpha value is -3.88. The van der Waals surface area contributed by atoms with E-state index >= 15 is 0 Å². The molecule has 1 spiro atoms. The van der Waals surface area contributed by atoms with E-state index in [0.29, 0.717) is 24.5 Å². The molecule has 1 aromatic heterocycles. The van der Waals surface area contributed by atoms with E-state index in [4.69, 9.17) is 28.4 Å². The first kappa shape index (κ1) is 37.9. The molecule has 2 bridgehead atoms. The van der Waals surface area contributed by atoms with Gasteiger partial charge in [-0.15, -0.1) is 5.10 Å². The lowest BCUT2D eigenvalue weighted by atomic mass is 9.40. The van der Waals surface area contributed by atoms with Gasteiger partial charge in [0.1, 0.15) is 30.8 Å². The molecular weight excluding hydrogens is 678 g/mol. The maximum atomic E-state index is 14.1. The minimum absolute atomic E-state index is 0.0328. The quantitative estimate of drug-likeness (QED) is 0.262. The van der Waals surface area contributed by atoms with Crippen LogP contribution in [0.3, 0.4) is 0 Å². The zero-order chi connectivity index (χ0) is 37.8. The van der Waals surface area contributed by atoms with E-state index in [1.807, 2.05) is 6.92 Å². The van der Waals surface area contributed by atoms with Gasteiger partial charge in [-0.05, 0) is 74.5 Å². The highest BCUT2D eigenvalue weighted by molar-refractivity contribution is 5.88. The predicted molar refractivity (Wildman–Crippen MR) is 177 cm³/mol. The van der Waals surface area contributed by atoms with Crippen molar-refractivity contribution in [3.63, 3.8) is 0 Å². The van der Waals surface area contributed by atoms with Crippen LogP contribution in [0.4, 0.5) is 0 Å². The molecule has 1 saturated heterocycles. The van der Waals surface area contributed by atoms with Gasteiger partial charge in [-0.3, -0.25) is 28.8 Å². The molecule has 1 aromatic rings. The number of esters is 5. The van der Waals surface area contributed by atoms with Gasteiger partial charge in [-0.25, -0.2) is 4.68 Å². The van der Waals surface area contributed by atoms with Gasteiger partial charge in [0.2, 0.25) is 0 Å². The normalized spacial score (nSPS) is 39.4. The Morgan fingerprint density at radius 3 is 2.15 bits per heavy atom. The minimum Gasteiger partial charge on any atom is -0.463 e. The molecule has 5 fully saturated rings. The van der Waals surface area contributed by atoms with Crippen molar-refractivity contribution in [1.29, 1.82) is 0 Å². The molecule has 0 N–H and O–H groups in total. The summed E-state index contributed by atoms with van der Waals surface area (Å²) in [7, 11) is 0. The summed E-state index contributed by atoms with van der Waals surface area (Å²) in [5, 5.41) is 8.35. The van der Waals surface area contributed by atoms with E-state index in [2.05, 4.69) is 24.2 Å². The number of carbonyl (C=O) groups is 6. The first-order valence-corrected chi connectivity index (χ1v) is 18.3. The van der Waals surface area contributed by atoms with Crippen molar-refractivity contribution < 1.29 is 57.2 Å². The number of rotatable bonds is 9. The molecule has 4 aliphatic carbocycles. The van der Waals surface area contributed by atoms with E-state index in [0.717, 1.165) is 65.7 Å². The Balaban J connectivity index is 1.20. The molecule has 6 rings (SSSR count). The second-order valence-electron chi connectivity index (χ2n) is 16.5. The van der Waals surface area contributed by atoms with Crippen LogP contribution in [0.25, 0.3) is 0 Å². The Bertz CT molecular complexity index is 1630. The number of nitrogens with zero attached hydrogens (tertiary/aromatic N) is 3. The maximum Gasteiger partial charge on any atom is 0.312 e. The monoisotopic (exact) mass is 729 g/mol. The average Bonchev–Trinajstić information content (AvgIpc) is 3.58. The summed E-state index contributed by atoms with van der Waals surface area (Å²) in [6.45, 7) is 10.6. The van der Waals surface area contributed by atoms with E-state index in [1.165, 1.54) is 17.8 Å². The van der Waals surface area contributed by atoms with Crippen LogP contribution in [0.5, 0.6) is 0 Å². The fraction of sp³-hybridized carbons (Fsp3) is 0.784. The van der Waals surface area contributed by atoms with Crippen LogP contribution in [-0.2, 0) is 63.8 Å². The van der Waals surface area contributed by atoms with Crippen LogP contribution in [0.15, 0.2) is 6.20 Å². The van der Waals surface area contributed by atoms with Crippen LogP contribution in [0.1, 0.15) is 118 Å². The van der Waals surface area contributed by atoms with E-state index in [-0.39, 0.29) is 47.0 Å². The van der Waals surface area contributed by atoms with Crippen LogP contribution < -0.4 is 0 Å². The number of Topliss-reactive ketones (excluding diaryl/α,β-unsaturated/α-hetero) is 1. The summed E-state index contributed by atoms with van der Waals surface area (Å²) in [6.07, 6.45) is 3.00. The SMILES string of the molecule is CC(=O)OC[C@H]1O[C@@H](n2cc(COC(=O)[C@]3(C)CCC[C@@]4(C)[C@@H]5CC[C@@]6(C)C[C@]5(CC[C@@H]43)CC6=O)nn2)[C@H](OC(C)=O)[C@@H](OC(C)=O)[C@@H]1OC(C)=O. The van der Waals surface area contributed by atoms with Crippen molar-refractivity contribution in [2.75, 3.05) is 6.61 Å². The zero-order valence-electron chi connectivity index (χ0n) is 31.1. The zero-order valence-corrected chi connectivity index (χ0v) is 31.1. The third kappa shape index (κ3) is 6.73. The van der Waals surface area contributed by atoms with Gasteiger partial charge in [-0.1, -0.05) is 25.5 Å². The molecule has 0 unspecified atom stereocenters. The second-order valence-corrected chi connectivity index (χ2v) is 16.5.